The molecule has 1 amide bonds. The maximum atomic E-state index is 13.2. The summed E-state index contributed by atoms with van der Waals surface area (Å²) in [7, 11) is 0. The van der Waals surface area contributed by atoms with E-state index in [1.807, 2.05) is 89.2 Å². The largest absolute Gasteiger partial charge is 0.460 e. The summed E-state index contributed by atoms with van der Waals surface area (Å²) in [5, 5.41) is 0. The average molecular weight is 411 g/mol. The minimum atomic E-state index is -0.643. The molecule has 0 aliphatic carbocycles. The molecule has 30 heavy (non-hydrogen) atoms. The van der Waals surface area contributed by atoms with E-state index < -0.39 is 17.4 Å². The van der Waals surface area contributed by atoms with Crippen molar-refractivity contribution in [2.24, 2.45) is 23.6 Å². The smallest absolute Gasteiger partial charge is 0.310 e. The van der Waals surface area contributed by atoms with E-state index in [-0.39, 0.29) is 17.8 Å². The lowest BCUT2D eigenvalue weighted by molar-refractivity contribution is -0.164. The Hall–Kier alpha value is -2.66. The molecular formula is C25H34N2O3. The first-order chi connectivity index (χ1) is 14.1. The van der Waals surface area contributed by atoms with E-state index in [0.29, 0.717) is 12.8 Å². The molecule has 5 heteroatoms. The van der Waals surface area contributed by atoms with Gasteiger partial charge >= 0.3 is 5.97 Å². The van der Waals surface area contributed by atoms with E-state index in [9.17, 15) is 9.59 Å². The van der Waals surface area contributed by atoms with Gasteiger partial charge in [0, 0.05) is 0 Å². The van der Waals surface area contributed by atoms with Crippen LogP contribution < -0.4 is 11.3 Å². The lowest BCUT2D eigenvalue weighted by Crippen LogP contribution is -2.44. The molecule has 3 N–H and O–H groups in total. The molecule has 0 bridgehead atoms. The van der Waals surface area contributed by atoms with Crippen molar-refractivity contribution in [3.63, 3.8) is 0 Å². The standard InChI is InChI=1S/C25H34N2O3/c1-17(2)15-21(23(28)27-26)22(24(29)30-25(3,4)5)16-19-13-9-10-14-20(19)18-11-7-6-8-12-18/h6-14,17,21-22H,15-16,26H2,1-5H3,(H,27,28)/t21-,22+/m1/s1. The van der Waals surface area contributed by atoms with Gasteiger partial charge in [-0.25, -0.2) is 5.84 Å². The topological polar surface area (TPSA) is 81.4 Å². The predicted octanol–water partition coefficient (Wildman–Crippen LogP) is 4.51. The molecule has 2 aromatic carbocycles. The van der Waals surface area contributed by atoms with Crippen molar-refractivity contribution >= 4 is 11.9 Å². The normalized spacial score (nSPS) is 13.6. The monoisotopic (exact) mass is 410 g/mol. The molecule has 0 heterocycles. The Morgan fingerprint density at radius 1 is 0.967 bits per heavy atom. The van der Waals surface area contributed by atoms with Crippen LogP contribution in [0.4, 0.5) is 0 Å². The van der Waals surface area contributed by atoms with Gasteiger partial charge in [0.2, 0.25) is 5.91 Å². The first-order valence-electron chi connectivity index (χ1n) is 10.5. The number of carbonyl (C=O) groups is 2. The number of hydrazine groups is 1. The van der Waals surface area contributed by atoms with E-state index in [4.69, 9.17) is 10.6 Å². The van der Waals surface area contributed by atoms with Crippen LogP contribution in [0.1, 0.15) is 46.6 Å². The number of esters is 1. The molecular weight excluding hydrogens is 376 g/mol. The number of nitrogens with two attached hydrogens (primary N) is 1. The Kier molecular flexibility index (Phi) is 8.18. The molecule has 0 fully saturated rings. The molecule has 2 aromatic rings. The van der Waals surface area contributed by atoms with Crippen LogP contribution in [-0.2, 0) is 20.7 Å². The molecule has 162 valence electrons. The highest BCUT2D eigenvalue weighted by atomic mass is 16.6. The third-order valence-corrected chi connectivity index (χ3v) is 4.94. The maximum Gasteiger partial charge on any atom is 0.310 e. The summed E-state index contributed by atoms with van der Waals surface area (Å²) >= 11 is 0. The highest BCUT2D eigenvalue weighted by Crippen LogP contribution is 2.31. The van der Waals surface area contributed by atoms with Gasteiger partial charge in [-0.1, -0.05) is 68.4 Å². The first-order valence-corrected chi connectivity index (χ1v) is 10.5. The number of amides is 1. The second-order valence-electron chi connectivity index (χ2n) is 9.11. The van der Waals surface area contributed by atoms with E-state index >= 15 is 0 Å². The van der Waals surface area contributed by atoms with E-state index in [0.717, 1.165) is 16.7 Å². The minimum Gasteiger partial charge on any atom is -0.460 e. The lowest BCUT2D eigenvalue weighted by atomic mass is 9.79. The van der Waals surface area contributed by atoms with Crippen molar-refractivity contribution in [2.45, 2.75) is 53.1 Å². The van der Waals surface area contributed by atoms with E-state index in [1.54, 1.807) is 0 Å². The number of benzene rings is 2. The Morgan fingerprint density at radius 2 is 1.57 bits per heavy atom. The van der Waals surface area contributed by atoms with Crippen LogP contribution in [0, 0.1) is 17.8 Å². The van der Waals surface area contributed by atoms with Gasteiger partial charge in [-0.3, -0.25) is 15.0 Å². The summed E-state index contributed by atoms with van der Waals surface area (Å²) in [5.41, 5.74) is 4.72. The fraction of sp³-hybridized carbons (Fsp3) is 0.440. The number of ether oxygens (including phenoxy) is 1. The van der Waals surface area contributed by atoms with Gasteiger partial charge < -0.3 is 4.74 Å². The van der Waals surface area contributed by atoms with Crippen LogP contribution in [0.25, 0.3) is 11.1 Å². The van der Waals surface area contributed by atoms with Crippen LogP contribution in [0.3, 0.4) is 0 Å². The number of carbonyl (C=O) groups excluding carboxylic acids is 2. The molecule has 0 saturated heterocycles. The van der Waals surface area contributed by atoms with Gasteiger partial charge in [0.15, 0.2) is 0 Å². The summed E-state index contributed by atoms with van der Waals surface area (Å²) < 4.78 is 5.72. The van der Waals surface area contributed by atoms with Gasteiger partial charge in [-0.15, -0.1) is 0 Å². The number of nitrogens with one attached hydrogen (secondary N) is 1. The summed E-state index contributed by atoms with van der Waals surface area (Å²) in [4.78, 5) is 25.9. The van der Waals surface area contributed by atoms with Crippen LogP contribution in [0.2, 0.25) is 0 Å². The minimum absolute atomic E-state index is 0.224. The maximum absolute atomic E-state index is 13.2. The second-order valence-corrected chi connectivity index (χ2v) is 9.11. The zero-order valence-corrected chi connectivity index (χ0v) is 18.6. The van der Waals surface area contributed by atoms with Gasteiger partial charge in [-0.05, 0) is 56.2 Å². The van der Waals surface area contributed by atoms with Crippen molar-refractivity contribution in [1.29, 1.82) is 0 Å². The molecule has 0 spiro atoms. The fourth-order valence-electron chi connectivity index (χ4n) is 3.67. The molecule has 0 aliphatic rings. The SMILES string of the molecule is CC(C)C[C@@H](C(=O)NN)[C@H](Cc1ccccc1-c1ccccc1)C(=O)OC(C)(C)C. The van der Waals surface area contributed by atoms with Crippen LogP contribution >= 0.6 is 0 Å². The van der Waals surface area contributed by atoms with E-state index in [1.165, 1.54) is 0 Å². The molecule has 0 saturated carbocycles. The number of rotatable bonds is 8. The number of hydrogen-bond acceptors (Lipinski definition) is 4. The van der Waals surface area contributed by atoms with Gasteiger partial charge in [0.1, 0.15) is 5.60 Å². The second kappa shape index (κ2) is 10.4. The summed E-state index contributed by atoms with van der Waals surface area (Å²) in [6.07, 6.45) is 0.936. The van der Waals surface area contributed by atoms with Crippen LogP contribution in [0.15, 0.2) is 54.6 Å². The van der Waals surface area contributed by atoms with Gasteiger partial charge in [0.05, 0.1) is 11.8 Å². The van der Waals surface area contributed by atoms with Crippen molar-refractivity contribution in [1.82, 2.24) is 5.43 Å². The third-order valence-electron chi connectivity index (χ3n) is 4.94. The molecule has 0 aromatic heterocycles. The predicted molar refractivity (Wildman–Crippen MR) is 120 cm³/mol. The van der Waals surface area contributed by atoms with E-state index in [2.05, 4.69) is 5.43 Å². The Labute approximate surface area is 180 Å². The zero-order chi connectivity index (χ0) is 22.3. The summed E-state index contributed by atoms with van der Waals surface area (Å²) in [5.74, 6) is 3.77. The van der Waals surface area contributed by atoms with Crippen molar-refractivity contribution in [3.05, 3.63) is 60.2 Å². The van der Waals surface area contributed by atoms with Gasteiger partial charge in [0.25, 0.3) is 0 Å². The Morgan fingerprint density at radius 3 is 2.13 bits per heavy atom. The van der Waals surface area contributed by atoms with Crippen LogP contribution in [0.5, 0.6) is 0 Å². The van der Waals surface area contributed by atoms with Crippen molar-refractivity contribution < 1.29 is 14.3 Å². The number of hydrogen-bond donors (Lipinski definition) is 2. The average Bonchev–Trinajstić information content (AvgIpc) is 2.69. The van der Waals surface area contributed by atoms with Crippen molar-refractivity contribution in [3.8, 4) is 11.1 Å². The summed E-state index contributed by atoms with van der Waals surface area (Å²) in [6.45, 7) is 9.56. The summed E-state index contributed by atoms with van der Waals surface area (Å²) in [6, 6.07) is 18.0. The third kappa shape index (κ3) is 6.70. The zero-order valence-electron chi connectivity index (χ0n) is 18.6. The lowest BCUT2D eigenvalue weighted by Gasteiger charge is -2.29. The molecule has 0 radical (unpaired) electrons. The molecule has 5 nitrogen and oxygen atoms in total. The highest BCUT2D eigenvalue weighted by Gasteiger charge is 2.37. The molecule has 0 aliphatic heterocycles. The Balaban J connectivity index is 2.48. The van der Waals surface area contributed by atoms with Crippen molar-refractivity contribution in [2.75, 3.05) is 0 Å². The molecule has 2 rings (SSSR count). The first kappa shape index (κ1) is 23.6. The fourth-order valence-corrected chi connectivity index (χ4v) is 3.67. The molecule has 2 atom stereocenters. The Bertz CT molecular complexity index is 841. The van der Waals surface area contributed by atoms with Crippen LogP contribution in [-0.4, -0.2) is 17.5 Å². The molecule has 0 unspecified atom stereocenters. The quantitative estimate of drug-likeness (QED) is 0.290. The van der Waals surface area contributed by atoms with Gasteiger partial charge in [-0.2, -0.15) is 0 Å². The highest BCUT2D eigenvalue weighted by molar-refractivity contribution is 5.85.